The van der Waals surface area contributed by atoms with E-state index in [0.717, 1.165) is 20.7 Å². The molecule has 0 radical (unpaired) electrons. The van der Waals surface area contributed by atoms with Crippen molar-refractivity contribution < 1.29 is 0 Å². The molecule has 3 aromatic rings. The minimum atomic E-state index is 0.710. The van der Waals surface area contributed by atoms with Crippen molar-refractivity contribution in [3.8, 4) is 6.07 Å². The molecule has 24 heavy (non-hydrogen) atoms. The van der Waals surface area contributed by atoms with Crippen molar-refractivity contribution in [2.24, 2.45) is 0 Å². The summed E-state index contributed by atoms with van der Waals surface area (Å²) in [6, 6.07) is 16.1. The number of aryl methyl sites for hydroxylation is 2. The van der Waals surface area contributed by atoms with Gasteiger partial charge in [-0.2, -0.15) is 5.26 Å². The van der Waals surface area contributed by atoms with Gasteiger partial charge in [0.2, 0.25) is 5.13 Å². The molecule has 6 heteroatoms. The summed E-state index contributed by atoms with van der Waals surface area (Å²) >= 11 is 3.11. The van der Waals surface area contributed by atoms with E-state index in [1.165, 1.54) is 22.5 Å². The average Bonchev–Trinajstić information content (AvgIpc) is 3.04. The van der Waals surface area contributed by atoms with Crippen molar-refractivity contribution >= 4 is 33.9 Å². The molecule has 0 aliphatic carbocycles. The Morgan fingerprint density at radius 1 is 1.12 bits per heavy atom. The maximum Gasteiger partial charge on any atom is 0.210 e. The van der Waals surface area contributed by atoms with Crippen LogP contribution in [0.5, 0.6) is 0 Å². The number of aromatic nitrogens is 2. The molecule has 0 saturated carbocycles. The van der Waals surface area contributed by atoms with Crippen LogP contribution in [0.2, 0.25) is 0 Å². The number of nitrogens with one attached hydrogen (secondary N) is 1. The van der Waals surface area contributed by atoms with E-state index in [-0.39, 0.29) is 0 Å². The average molecular weight is 352 g/mol. The fraction of sp³-hybridized carbons (Fsp3) is 0.167. The van der Waals surface area contributed by atoms with Crippen LogP contribution >= 0.6 is 23.1 Å². The molecule has 0 spiro atoms. The summed E-state index contributed by atoms with van der Waals surface area (Å²) in [5, 5.41) is 21.6. The summed E-state index contributed by atoms with van der Waals surface area (Å²) in [6.45, 7) is 4.19. The topological polar surface area (TPSA) is 61.6 Å². The largest absolute Gasteiger partial charge is 0.330 e. The number of anilines is 2. The molecule has 3 rings (SSSR count). The molecular formula is C18H16N4S2. The van der Waals surface area contributed by atoms with E-state index >= 15 is 0 Å². The van der Waals surface area contributed by atoms with E-state index in [2.05, 4.69) is 47.6 Å². The van der Waals surface area contributed by atoms with Gasteiger partial charge in [-0.3, -0.25) is 0 Å². The third kappa shape index (κ3) is 3.94. The van der Waals surface area contributed by atoms with Gasteiger partial charge >= 0.3 is 0 Å². The van der Waals surface area contributed by atoms with Crippen LogP contribution in [-0.4, -0.2) is 10.2 Å². The molecule has 0 aliphatic rings. The first kappa shape index (κ1) is 16.5. The van der Waals surface area contributed by atoms with Gasteiger partial charge in [-0.1, -0.05) is 47.4 Å². The second kappa shape index (κ2) is 7.47. The second-order valence-electron chi connectivity index (χ2n) is 5.35. The highest BCUT2D eigenvalue weighted by atomic mass is 32.2. The summed E-state index contributed by atoms with van der Waals surface area (Å²) in [6.07, 6.45) is 0. The molecule has 0 aliphatic heterocycles. The third-order valence-electron chi connectivity index (χ3n) is 3.65. The minimum Gasteiger partial charge on any atom is -0.330 e. The van der Waals surface area contributed by atoms with Crippen molar-refractivity contribution in [2.75, 3.05) is 5.32 Å². The van der Waals surface area contributed by atoms with Gasteiger partial charge in [-0.25, -0.2) is 0 Å². The predicted molar refractivity (Wildman–Crippen MR) is 99.8 cm³/mol. The number of nitrogens with zero attached hydrogens (tertiary/aromatic N) is 3. The Morgan fingerprint density at radius 3 is 2.75 bits per heavy atom. The molecule has 2 aromatic carbocycles. The van der Waals surface area contributed by atoms with Gasteiger partial charge < -0.3 is 5.32 Å². The van der Waals surface area contributed by atoms with Crippen molar-refractivity contribution in [1.82, 2.24) is 10.2 Å². The summed E-state index contributed by atoms with van der Waals surface area (Å²) in [5.74, 6) is 0.710. The van der Waals surface area contributed by atoms with E-state index in [9.17, 15) is 0 Å². The Hall–Kier alpha value is -2.36. The number of hydrogen-bond acceptors (Lipinski definition) is 6. The molecule has 0 amide bonds. The summed E-state index contributed by atoms with van der Waals surface area (Å²) < 4.78 is 0.883. The number of thioether (sulfide) groups is 1. The van der Waals surface area contributed by atoms with Crippen molar-refractivity contribution in [2.45, 2.75) is 23.9 Å². The Morgan fingerprint density at radius 2 is 1.96 bits per heavy atom. The molecule has 1 heterocycles. The van der Waals surface area contributed by atoms with E-state index in [1.54, 1.807) is 11.8 Å². The highest BCUT2D eigenvalue weighted by Crippen LogP contribution is 2.30. The molecule has 0 unspecified atom stereocenters. The van der Waals surface area contributed by atoms with E-state index in [0.29, 0.717) is 11.3 Å². The molecule has 4 nitrogen and oxygen atoms in total. The molecule has 0 atom stereocenters. The van der Waals surface area contributed by atoms with Crippen LogP contribution in [0.1, 0.15) is 22.3 Å². The molecular weight excluding hydrogens is 336 g/mol. The molecule has 0 fully saturated rings. The molecule has 120 valence electrons. The highest BCUT2D eigenvalue weighted by Gasteiger charge is 2.08. The van der Waals surface area contributed by atoms with Crippen molar-refractivity contribution in [1.29, 1.82) is 5.26 Å². The van der Waals surface area contributed by atoms with E-state index in [1.807, 2.05) is 30.3 Å². The van der Waals surface area contributed by atoms with Gasteiger partial charge in [0, 0.05) is 11.4 Å². The van der Waals surface area contributed by atoms with Gasteiger partial charge in [-0.05, 0) is 48.7 Å². The fourth-order valence-corrected chi connectivity index (χ4v) is 3.93. The zero-order chi connectivity index (χ0) is 16.9. The maximum atomic E-state index is 9.13. The lowest BCUT2D eigenvalue weighted by Gasteiger charge is -2.05. The van der Waals surface area contributed by atoms with E-state index < -0.39 is 0 Å². The zero-order valence-corrected chi connectivity index (χ0v) is 15.0. The number of hydrogen-bond donors (Lipinski definition) is 1. The zero-order valence-electron chi connectivity index (χ0n) is 13.4. The SMILES string of the molecule is Cc1ccc(Nc2nnc(SCc3ccccc3C#N)s2)cc1C. The Balaban J connectivity index is 1.65. The lowest BCUT2D eigenvalue weighted by atomic mass is 10.1. The molecule has 1 N–H and O–H groups in total. The first-order valence-electron chi connectivity index (χ1n) is 7.44. The van der Waals surface area contributed by atoms with Crippen LogP contribution in [-0.2, 0) is 5.75 Å². The Kier molecular flexibility index (Phi) is 5.14. The number of nitriles is 1. The third-order valence-corrected chi connectivity index (χ3v) is 5.67. The fourth-order valence-electron chi connectivity index (χ4n) is 2.16. The van der Waals surface area contributed by atoms with Crippen LogP contribution in [0.3, 0.4) is 0 Å². The van der Waals surface area contributed by atoms with Crippen LogP contribution in [0.4, 0.5) is 10.8 Å². The van der Waals surface area contributed by atoms with Crippen LogP contribution in [0.25, 0.3) is 0 Å². The lowest BCUT2D eigenvalue weighted by Crippen LogP contribution is -1.91. The van der Waals surface area contributed by atoms with Gasteiger partial charge in [0.15, 0.2) is 4.34 Å². The van der Waals surface area contributed by atoms with Crippen LogP contribution < -0.4 is 5.32 Å². The van der Waals surface area contributed by atoms with Crippen molar-refractivity contribution in [3.63, 3.8) is 0 Å². The Bertz CT molecular complexity index is 896. The quantitative estimate of drug-likeness (QED) is 0.650. The van der Waals surface area contributed by atoms with Gasteiger partial charge in [-0.15, -0.1) is 10.2 Å². The summed E-state index contributed by atoms with van der Waals surface area (Å²) in [7, 11) is 0. The number of benzene rings is 2. The van der Waals surface area contributed by atoms with E-state index in [4.69, 9.17) is 5.26 Å². The second-order valence-corrected chi connectivity index (χ2v) is 7.55. The summed E-state index contributed by atoms with van der Waals surface area (Å²) in [5.41, 5.74) is 5.25. The normalized spacial score (nSPS) is 10.4. The van der Waals surface area contributed by atoms with Gasteiger partial charge in [0.1, 0.15) is 0 Å². The molecule has 1 aromatic heterocycles. The lowest BCUT2D eigenvalue weighted by molar-refractivity contribution is 1.01. The van der Waals surface area contributed by atoms with Gasteiger partial charge in [0.25, 0.3) is 0 Å². The molecule has 0 bridgehead atoms. The maximum absolute atomic E-state index is 9.13. The Labute approximate surface area is 149 Å². The monoisotopic (exact) mass is 352 g/mol. The number of rotatable bonds is 5. The summed E-state index contributed by atoms with van der Waals surface area (Å²) in [4.78, 5) is 0. The smallest absolute Gasteiger partial charge is 0.210 e. The van der Waals surface area contributed by atoms with Crippen molar-refractivity contribution in [3.05, 3.63) is 64.7 Å². The predicted octanol–water partition coefficient (Wildman–Crippen LogP) is 5.06. The van der Waals surface area contributed by atoms with Crippen LogP contribution in [0, 0.1) is 25.2 Å². The first-order valence-corrected chi connectivity index (χ1v) is 9.24. The first-order chi connectivity index (χ1) is 11.7. The van der Waals surface area contributed by atoms with Gasteiger partial charge in [0.05, 0.1) is 11.6 Å². The minimum absolute atomic E-state index is 0.710. The van der Waals surface area contributed by atoms with Crippen LogP contribution in [0.15, 0.2) is 46.8 Å². The molecule has 0 saturated heterocycles. The standard InChI is InChI=1S/C18H16N4S2/c1-12-7-8-16(9-13(12)2)20-17-21-22-18(24-17)23-11-15-6-4-3-5-14(15)10-19/h3-9H,11H2,1-2H3,(H,20,21). The highest BCUT2D eigenvalue weighted by molar-refractivity contribution is 8.00.